The van der Waals surface area contributed by atoms with E-state index in [4.69, 9.17) is 0 Å². The Hall–Kier alpha value is -2.25. The van der Waals surface area contributed by atoms with Gasteiger partial charge in [-0.15, -0.1) is 0 Å². The van der Waals surface area contributed by atoms with Crippen molar-refractivity contribution in [2.45, 2.75) is 0 Å². The molecule has 5 nitrogen and oxygen atoms in total. The van der Waals surface area contributed by atoms with Crippen LogP contribution in [0.1, 0.15) is 0 Å². The molecule has 0 spiro atoms. The number of rotatable bonds is 3. The highest BCUT2D eigenvalue weighted by atomic mass is 32.2. The minimum atomic E-state index is -0.441. The molecule has 0 radical (unpaired) electrons. The number of amidine groups is 1. The van der Waals surface area contributed by atoms with E-state index in [1.165, 1.54) is 23.7 Å². The van der Waals surface area contributed by atoms with Crippen molar-refractivity contribution in [2.75, 3.05) is 4.31 Å². The fourth-order valence-corrected chi connectivity index (χ4v) is 3.96. The topological polar surface area (TPSA) is 58.7 Å². The van der Waals surface area contributed by atoms with E-state index < -0.39 is 4.92 Å². The molecule has 2 aromatic rings. The van der Waals surface area contributed by atoms with Crippen molar-refractivity contribution in [2.24, 2.45) is 4.99 Å². The Morgan fingerprint density at radius 3 is 2.32 bits per heavy atom. The molecule has 7 heteroatoms. The third-order valence-electron chi connectivity index (χ3n) is 2.73. The van der Waals surface area contributed by atoms with Crippen LogP contribution in [0.2, 0.25) is 0 Å². The summed E-state index contributed by atoms with van der Waals surface area (Å²) in [5.74, 6) is 0. The largest absolute Gasteiger partial charge is 0.259 e. The van der Waals surface area contributed by atoms with Crippen LogP contribution in [0.25, 0.3) is 0 Å². The number of para-hydroxylation sites is 2. The Balaban J connectivity index is 1.97. The van der Waals surface area contributed by atoms with Crippen LogP contribution in [0.5, 0.6) is 0 Å². The molecule has 1 aliphatic heterocycles. The third kappa shape index (κ3) is 3.49. The molecule has 22 heavy (non-hydrogen) atoms. The van der Waals surface area contributed by atoms with Gasteiger partial charge in [-0.2, -0.15) is 0 Å². The molecule has 2 aromatic carbocycles. The van der Waals surface area contributed by atoms with Gasteiger partial charge in [0.15, 0.2) is 5.17 Å². The van der Waals surface area contributed by atoms with Crippen LogP contribution < -0.4 is 4.31 Å². The van der Waals surface area contributed by atoms with E-state index in [9.17, 15) is 10.1 Å². The summed E-state index contributed by atoms with van der Waals surface area (Å²) in [6, 6.07) is 19.2. The van der Waals surface area contributed by atoms with Gasteiger partial charge < -0.3 is 0 Å². The van der Waals surface area contributed by atoms with Crippen molar-refractivity contribution in [3.8, 4) is 0 Å². The molecular formula is C15H11N3O2S2. The van der Waals surface area contributed by atoms with Crippen LogP contribution in [0.4, 0.5) is 11.4 Å². The standard InChI is InChI=1S/C15H11N3O2S2/c19-17(20)11-14-21-15(16-12-7-3-1-4-8-12)18(22-14)13-9-5-2-6-10-13/h1-11H/b14-11+,16-15?. The number of hydrogen-bond donors (Lipinski definition) is 0. The van der Waals surface area contributed by atoms with E-state index in [0.717, 1.165) is 17.6 Å². The molecule has 0 saturated carbocycles. The summed E-state index contributed by atoms with van der Waals surface area (Å²) in [5, 5.41) is 11.4. The zero-order valence-electron chi connectivity index (χ0n) is 11.3. The predicted molar refractivity (Wildman–Crippen MR) is 92.7 cm³/mol. The van der Waals surface area contributed by atoms with Crippen molar-refractivity contribution >= 4 is 40.3 Å². The summed E-state index contributed by atoms with van der Waals surface area (Å²) in [6.45, 7) is 0. The maximum Gasteiger partial charge on any atom is 0.256 e. The van der Waals surface area contributed by atoms with Crippen LogP contribution in [0.3, 0.4) is 0 Å². The molecule has 110 valence electrons. The average molecular weight is 329 g/mol. The number of thioether (sulfide) groups is 1. The van der Waals surface area contributed by atoms with Gasteiger partial charge in [-0.05, 0) is 36.0 Å². The fourth-order valence-electron chi connectivity index (χ4n) is 1.82. The van der Waals surface area contributed by atoms with Gasteiger partial charge in [-0.25, -0.2) is 4.99 Å². The first-order chi connectivity index (χ1) is 10.7. The highest BCUT2D eigenvalue weighted by Gasteiger charge is 2.29. The van der Waals surface area contributed by atoms with Gasteiger partial charge in [0.25, 0.3) is 6.20 Å². The second-order valence-corrected chi connectivity index (χ2v) is 6.54. The van der Waals surface area contributed by atoms with Crippen molar-refractivity contribution in [1.29, 1.82) is 0 Å². The van der Waals surface area contributed by atoms with Gasteiger partial charge in [0.05, 0.1) is 16.3 Å². The first kappa shape index (κ1) is 14.7. The van der Waals surface area contributed by atoms with Crippen LogP contribution in [0, 0.1) is 10.1 Å². The molecule has 0 bridgehead atoms. The molecular weight excluding hydrogens is 318 g/mol. The Labute approximate surface area is 136 Å². The second kappa shape index (κ2) is 6.67. The Morgan fingerprint density at radius 2 is 1.68 bits per heavy atom. The van der Waals surface area contributed by atoms with E-state index in [2.05, 4.69) is 4.99 Å². The van der Waals surface area contributed by atoms with Gasteiger partial charge in [0.2, 0.25) is 0 Å². The summed E-state index contributed by atoms with van der Waals surface area (Å²) < 4.78 is 2.48. The van der Waals surface area contributed by atoms with Gasteiger partial charge in [-0.3, -0.25) is 14.4 Å². The molecule has 0 N–H and O–H groups in total. The highest BCUT2D eigenvalue weighted by molar-refractivity contribution is 8.35. The molecule has 1 heterocycles. The van der Waals surface area contributed by atoms with E-state index in [1.54, 1.807) is 0 Å². The fraction of sp³-hybridized carbons (Fsp3) is 0. The zero-order chi connectivity index (χ0) is 15.4. The molecule has 0 atom stereocenters. The summed E-state index contributed by atoms with van der Waals surface area (Å²) in [6.07, 6.45) is 1.01. The first-order valence-electron chi connectivity index (χ1n) is 6.42. The van der Waals surface area contributed by atoms with Gasteiger partial charge in [0.1, 0.15) is 4.24 Å². The summed E-state index contributed by atoms with van der Waals surface area (Å²) in [7, 11) is 0. The lowest BCUT2D eigenvalue weighted by molar-refractivity contribution is -0.402. The summed E-state index contributed by atoms with van der Waals surface area (Å²) in [5.41, 5.74) is 1.75. The number of aliphatic imine (C=N–C) groups is 1. The van der Waals surface area contributed by atoms with Crippen molar-refractivity contribution in [3.05, 3.63) is 81.2 Å². The zero-order valence-corrected chi connectivity index (χ0v) is 13.0. The monoisotopic (exact) mass is 329 g/mol. The quantitative estimate of drug-likeness (QED) is 0.466. The molecule has 0 aliphatic carbocycles. The van der Waals surface area contributed by atoms with Crippen LogP contribution in [-0.4, -0.2) is 10.1 Å². The average Bonchev–Trinajstić information content (AvgIpc) is 2.91. The minimum Gasteiger partial charge on any atom is -0.259 e. The molecule has 1 fully saturated rings. The highest BCUT2D eigenvalue weighted by Crippen LogP contribution is 2.45. The third-order valence-corrected chi connectivity index (χ3v) is 4.93. The van der Waals surface area contributed by atoms with Gasteiger partial charge in [0, 0.05) is 11.9 Å². The lowest BCUT2D eigenvalue weighted by atomic mass is 10.3. The summed E-state index contributed by atoms with van der Waals surface area (Å²) >= 11 is 2.60. The molecule has 0 aromatic heterocycles. The van der Waals surface area contributed by atoms with Crippen molar-refractivity contribution in [1.82, 2.24) is 0 Å². The number of benzene rings is 2. The maximum absolute atomic E-state index is 10.7. The van der Waals surface area contributed by atoms with E-state index in [0.29, 0.717) is 9.40 Å². The van der Waals surface area contributed by atoms with E-state index >= 15 is 0 Å². The van der Waals surface area contributed by atoms with E-state index in [-0.39, 0.29) is 0 Å². The maximum atomic E-state index is 10.7. The Kier molecular flexibility index (Phi) is 4.45. The number of anilines is 1. The Bertz CT molecular complexity index is 733. The van der Waals surface area contributed by atoms with Crippen molar-refractivity contribution in [3.63, 3.8) is 0 Å². The Morgan fingerprint density at radius 1 is 1.05 bits per heavy atom. The van der Waals surface area contributed by atoms with Crippen LogP contribution >= 0.6 is 23.7 Å². The van der Waals surface area contributed by atoms with Gasteiger partial charge in [-0.1, -0.05) is 36.4 Å². The first-order valence-corrected chi connectivity index (χ1v) is 8.01. The number of nitro groups is 1. The molecule has 0 amide bonds. The SMILES string of the molecule is O=[N+]([O-])/C=C1\SC(=Nc2ccccc2)N(c2ccccc2)S1. The lowest BCUT2D eigenvalue weighted by Crippen LogP contribution is -2.14. The lowest BCUT2D eigenvalue weighted by Gasteiger charge is -2.15. The van der Waals surface area contributed by atoms with Crippen LogP contribution in [0.15, 0.2) is 76.1 Å². The predicted octanol–water partition coefficient (Wildman–Crippen LogP) is 4.65. The molecule has 1 saturated heterocycles. The van der Waals surface area contributed by atoms with Crippen LogP contribution in [-0.2, 0) is 0 Å². The summed E-state index contributed by atoms with van der Waals surface area (Å²) in [4.78, 5) is 14.9. The number of nitrogens with zero attached hydrogens (tertiary/aromatic N) is 3. The second-order valence-electron chi connectivity index (χ2n) is 4.29. The molecule has 0 unspecified atom stereocenters. The van der Waals surface area contributed by atoms with Crippen molar-refractivity contribution < 1.29 is 4.92 Å². The van der Waals surface area contributed by atoms with E-state index in [1.807, 2.05) is 65.0 Å². The molecule has 3 rings (SSSR count). The molecule has 1 aliphatic rings. The normalized spacial score (nSPS) is 18.1. The minimum absolute atomic E-state index is 0.441. The van der Waals surface area contributed by atoms with Gasteiger partial charge >= 0.3 is 0 Å². The smallest absolute Gasteiger partial charge is 0.256 e. The number of hydrogen-bond acceptors (Lipinski definition) is 5.